The van der Waals surface area contributed by atoms with E-state index in [0.29, 0.717) is 30.2 Å². The number of carbonyl (C=O) groups is 1. The maximum atomic E-state index is 11.3. The number of rotatable bonds is 5. The number of ether oxygens (including phenoxy) is 1. The van der Waals surface area contributed by atoms with Crippen LogP contribution in [0.15, 0.2) is 42.6 Å². The van der Waals surface area contributed by atoms with Crippen LogP contribution in [0.3, 0.4) is 0 Å². The molecule has 0 aliphatic heterocycles. The van der Waals surface area contributed by atoms with Crippen LogP contribution in [0.2, 0.25) is 0 Å². The summed E-state index contributed by atoms with van der Waals surface area (Å²) in [6.45, 7) is 1.02. The van der Waals surface area contributed by atoms with E-state index in [2.05, 4.69) is 11.5 Å². The fourth-order valence-corrected chi connectivity index (χ4v) is 1.76. The van der Waals surface area contributed by atoms with E-state index in [9.17, 15) is 4.79 Å². The van der Waals surface area contributed by atoms with Gasteiger partial charge in [0.05, 0.1) is 6.54 Å². The number of nitrogens with zero attached hydrogens (tertiary/aromatic N) is 2. The fraction of sp³-hybridized carbons (Fsp3) is 0.143. The van der Waals surface area contributed by atoms with Crippen LogP contribution < -0.4 is 16.0 Å². The summed E-state index contributed by atoms with van der Waals surface area (Å²) in [5.74, 6) is 5.36. The molecule has 0 radical (unpaired) electrons. The van der Waals surface area contributed by atoms with Crippen LogP contribution in [0.25, 0.3) is 0 Å². The number of carbonyl (C=O) groups excluding carboxylic acids is 1. The number of nitrogens with two attached hydrogens (primary N) is 1. The van der Waals surface area contributed by atoms with E-state index in [1.54, 1.807) is 30.3 Å². The molecular formula is C14H14N4O2. The SMILES string of the molecule is N#Cc1cccn1CCOc1ccc(C(=O)NN)cc1. The van der Waals surface area contributed by atoms with Gasteiger partial charge < -0.3 is 9.30 Å². The average Bonchev–Trinajstić information content (AvgIpc) is 2.94. The number of nitrogens with one attached hydrogen (secondary N) is 1. The number of aromatic nitrogens is 1. The molecule has 0 atom stereocenters. The average molecular weight is 270 g/mol. The van der Waals surface area contributed by atoms with Crippen molar-refractivity contribution in [1.82, 2.24) is 9.99 Å². The molecule has 0 bridgehead atoms. The van der Waals surface area contributed by atoms with Crippen LogP contribution in [0.1, 0.15) is 16.1 Å². The van der Waals surface area contributed by atoms with Crippen molar-refractivity contribution in [2.45, 2.75) is 6.54 Å². The summed E-state index contributed by atoms with van der Waals surface area (Å²) in [4.78, 5) is 11.3. The first-order valence-corrected chi connectivity index (χ1v) is 6.03. The van der Waals surface area contributed by atoms with E-state index in [-0.39, 0.29) is 5.91 Å². The zero-order chi connectivity index (χ0) is 14.4. The van der Waals surface area contributed by atoms with Gasteiger partial charge in [0, 0.05) is 11.8 Å². The van der Waals surface area contributed by atoms with Crippen LogP contribution in [0.5, 0.6) is 5.75 Å². The molecule has 20 heavy (non-hydrogen) atoms. The topological polar surface area (TPSA) is 93.1 Å². The van der Waals surface area contributed by atoms with E-state index >= 15 is 0 Å². The lowest BCUT2D eigenvalue weighted by Crippen LogP contribution is -2.29. The molecule has 3 N–H and O–H groups in total. The zero-order valence-corrected chi connectivity index (χ0v) is 10.7. The Morgan fingerprint density at radius 2 is 2.10 bits per heavy atom. The first-order chi connectivity index (χ1) is 9.74. The first-order valence-electron chi connectivity index (χ1n) is 6.03. The number of hydrazine groups is 1. The van der Waals surface area contributed by atoms with Crippen molar-refractivity contribution in [3.63, 3.8) is 0 Å². The molecule has 0 aliphatic rings. The highest BCUT2D eigenvalue weighted by atomic mass is 16.5. The van der Waals surface area contributed by atoms with Crippen molar-refractivity contribution in [1.29, 1.82) is 5.26 Å². The van der Waals surface area contributed by atoms with Gasteiger partial charge in [-0.25, -0.2) is 5.84 Å². The Balaban J connectivity index is 1.89. The van der Waals surface area contributed by atoms with Crippen molar-refractivity contribution < 1.29 is 9.53 Å². The predicted molar refractivity (Wildman–Crippen MR) is 72.7 cm³/mol. The lowest BCUT2D eigenvalue weighted by atomic mass is 10.2. The van der Waals surface area contributed by atoms with Crippen LogP contribution in [-0.2, 0) is 6.54 Å². The summed E-state index contributed by atoms with van der Waals surface area (Å²) in [6.07, 6.45) is 1.83. The molecular weight excluding hydrogens is 256 g/mol. The minimum absolute atomic E-state index is 0.345. The predicted octanol–water partition coefficient (Wildman–Crippen LogP) is 1.04. The lowest BCUT2D eigenvalue weighted by molar-refractivity contribution is 0.0953. The summed E-state index contributed by atoms with van der Waals surface area (Å²) in [7, 11) is 0. The molecule has 0 saturated carbocycles. The van der Waals surface area contributed by atoms with Crippen molar-refractivity contribution >= 4 is 5.91 Å². The molecule has 1 aromatic heterocycles. The van der Waals surface area contributed by atoms with Gasteiger partial charge in [0.1, 0.15) is 24.1 Å². The molecule has 0 unspecified atom stereocenters. The van der Waals surface area contributed by atoms with Gasteiger partial charge in [-0.15, -0.1) is 0 Å². The summed E-state index contributed by atoms with van der Waals surface area (Å²) < 4.78 is 7.37. The highest BCUT2D eigenvalue weighted by molar-refractivity contribution is 5.93. The number of benzene rings is 1. The normalized spacial score (nSPS) is 9.80. The number of hydrogen-bond donors (Lipinski definition) is 2. The molecule has 0 spiro atoms. The molecule has 6 heteroatoms. The second kappa shape index (κ2) is 6.41. The second-order valence-corrected chi connectivity index (χ2v) is 4.04. The van der Waals surface area contributed by atoms with E-state index in [1.807, 2.05) is 16.8 Å². The minimum atomic E-state index is -0.345. The third kappa shape index (κ3) is 3.16. The highest BCUT2D eigenvalue weighted by Crippen LogP contribution is 2.12. The molecule has 2 aromatic rings. The number of nitrogen functional groups attached to an aromatic ring is 1. The molecule has 6 nitrogen and oxygen atoms in total. The van der Waals surface area contributed by atoms with Gasteiger partial charge in [0.25, 0.3) is 5.91 Å². The lowest BCUT2D eigenvalue weighted by Gasteiger charge is -2.08. The van der Waals surface area contributed by atoms with Crippen molar-refractivity contribution in [2.75, 3.05) is 6.61 Å². The number of hydrogen-bond acceptors (Lipinski definition) is 4. The Labute approximate surface area is 116 Å². The summed E-state index contributed by atoms with van der Waals surface area (Å²) in [6, 6.07) is 12.3. The second-order valence-electron chi connectivity index (χ2n) is 4.04. The molecule has 1 aromatic carbocycles. The monoisotopic (exact) mass is 270 g/mol. The van der Waals surface area contributed by atoms with Crippen molar-refractivity contribution in [3.8, 4) is 11.8 Å². The maximum Gasteiger partial charge on any atom is 0.265 e. The van der Waals surface area contributed by atoms with Crippen LogP contribution >= 0.6 is 0 Å². The smallest absolute Gasteiger partial charge is 0.265 e. The summed E-state index contributed by atoms with van der Waals surface area (Å²) in [5, 5.41) is 8.87. The Hall–Kier alpha value is -2.78. The van der Waals surface area contributed by atoms with Crippen molar-refractivity contribution in [2.24, 2.45) is 5.84 Å². The largest absolute Gasteiger partial charge is 0.492 e. The van der Waals surface area contributed by atoms with Crippen LogP contribution in [0, 0.1) is 11.3 Å². The molecule has 0 aliphatic carbocycles. The Bertz CT molecular complexity index is 625. The van der Waals surface area contributed by atoms with Gasteiger partial charge in [-0.2, -0.15) is 5.26 Å². The minimum Gasteiger partial charge on any atom is -0.492 e. The van der Waals surface area contributed by atoms with E-state index in [1.165, 1.54) is 0 Å². The fourth-order valence-electron chi connectivity index (χ4n) is 1.76. The third-order valence-corrected chi connectivity index (χ3v) is 2.79. The Morgan fingerprint density at radius 1 is 1.35 bits per heavy atom. The molecule has 102 valence electrons. The third-order valence-electron chi connectivity index (χ3n) is 2.79. The molecule has 1 amide bonds. The standard InChI is InChI=1S/C14H14N4O2/c15-10-12-2-1-7-18(12)8-9-20-13-5-3-11(4-6-13)14(19)17-16/h1-7H,8-9,16H2,(H,17,19). The quantitative estimate of drug-likeness (QED) is 0.482. The van der Waals surface area contributed by atoms with Crippen LogP contribution in [-0.4, -0.2) is 17.1 Å². The van der Waals surface area contributed by atoms with Crippen LogP contribution in [0.4, 0.5) is 0 Å². The zero-order valence-electron chi connectivity index (χ0n) is 10.7. The van der Waals surface area contributed by atoms with Crippen molar-refractivity contribution in [3.05, 3.63) is 53.9 Å². The van der Waals surface area contributed by atoms with Gasteiger partial charge >= 0.3 is 0 Å². The Morgan fingerprint density at radius 3 is 2.75 bits per heavy atom. The van der Waals surface area contributed by atoms with Gasteiger partial charge in [0.15, 0.2) is 0 Å². The molecule has 0 saturated heterocycles. The summed E-state index contributed by atoms with van der Waals surface area (Å²) >= 11 is 0. The molecule has 1 heterocycles. The maximum absolute atomic E-state index is 11.3. The Kier molecular flexibility index (Phi) is 4.37. The van der Waals surface area contributed by atoms with E-state index in [0.717, 1.165) is 0 Å². The van der Waals surface area contributed by atoms with Gasteiger partial charge in [0.2, 0.25) is 0 Å². The summed E-state index contributed by atoms with van der Waals surface area (Å²) in [5.41, 5.74) is 3.13. The van der Waals surface area contributed by atoms with E-state index in [4.69, 9.17) is 15.8 Å². The highest BCUT2D eigenvalue weighted by Gasteiger charge is 2.03. The molecule has 2 rings (SSSR count). The number of amides is 1. The van der Waals surface area contributed by atoms with Gasteiger partial charge in [-0.3, -0.25) is 10.2 Å². The first kappa shape index (κ1) is 13.6. The van der Waals surface area contributed by atoms with Gasteiger partial charge in [-0.1, -0.05) is 0 Å². The molecule has 0 fully saturated rings. The van der Waals surface area contributed by atoms with Gasteiger partial charge in [-0.05, 0) is 36.4 Å². The number of nitriles is 1. The van der Waals surface area contributed by atoms with E-state index < -0.39 is 0 Å².